The smallest absolute Gasteiger partial charge is 0.251 e. The molecule has 0 saturated carbocycles. The van der Waals surface area contributed by atoms with E-state index in [4.69, 9.17) is 10.5 Å². The van der Waals surface area contributed by atoms with Gasteiger partial charge in [-0.2, -0.15) is 0 Å². The molecule has 3 N–H and O–H groups in total. The van der Waals surface area contributed by atoms with E-state index in [0.29, 0.717) is 23.5 Å². The summed E-state index contributed by atoms with van der Waals surface area (Å²) in [6.07, 6.45) is 0. The molecule has 0 radical (unpaired) electrons. The fraction of sp³-hybridized carbons (Fsp3) is 0.235. The molecule has 0 bridgehead atoms. The molecule has 0 fully saturated rings. The number of ether oxygens (including phenoxy) is 1. The zero-order valence-electron chi connectivity index (χ0n) is 12.6. The number of carbonyl (C=O) groups is 1. The molecule has 0 heterocycles. The second-order valence-corrected chi connectivity index (χ2v) is 5.08. The molecule has 0 spiro atoms. The molecule has 0 unspecified atom stereocenters. The fourth-order valence-electron chi connectivity index (χ4n) is 2.24. The van der Waals surface area contributed by atoms with Crippen LogP contribution in [0.3, 0.4) is 0 Å². The molecular formula is C17H20N2O2. The van der Waals surface area contributed by atoms with Crippen LogP contribution in [-0.4, -0.2) is 13.0 Å². The van der Waals surface area contributed by atoms with E-state index in [1.54, 1.807) is 19.2 Å². The lowest BCUT2D eigenvalue weighted by Gasteiger charge is -2.10. The first-order valence-corrected chi connectivity index (χ1v) is 6.79. The predicted molar refractivity (Wildman–Crippen MR) is 84.5 cm³/mol. The highest BCUT2D eigenvalue weighted by molar-refractivity contribution is 5.95. The second-order valence-electron chi connectivity index (χ2n) is 5.08. The Bertz CT molecular complexity index is 666. The first-order chi connectivity index (χ1) is 10.0. The molecule has 2 rings (SSSR count). The van der Waals surface area contributed by atoms with E-state index in [2.05, 4.69) is 5.32 Å². The van der Waals surface area contributed by atoms with Crippen LogP contribution in [0.4, 0.5) is 5.69 Å². The van der Waals surface area contributed by atoms with E-state index < -0.39 is 0 Å². The van der Waals surface area contributed by atoms with Gasteiger partial charge in [-0.3, -0.25) is 4.79 Å². The number of methoxy groups -OCH3 is 1. The third-order valence-electron chi connectivity index (χ3n) is 3.37. The van der Waals surface area contributed by atoms with Crippen LogP contribution in [0.15, 0.2) is 36.4 Å². The first-order valence-electron chi connectivity index (χ1n) is 6.79. The zero-order chi connectivity index (χ0) is 15.4. The maximum atomic E-state index is 12.2. The van der Waals surface area contributed by atoms with Crippen molar-refractivity contribution >= 4 is 11.6 Å². The number of nitrogen functional groups attached to an aromatic ring is 1. The van der Waals surface area contributed by atoms with Crippen molar-refractivity contribution in [3.8, 4) is 5.75 Å². The van der Waals surface area contributed by atoms with Crippen LogP contribution in [0, 0.1) is 13.8 Å². The summed E-state index contributed by atoms with van der Waals surface area (Å²) >= 11 is 0. The van der Waals surface area contributed by atoms with E-state index in [1.807, 2.05) is 38.1 Å². The minimum atomic E-state index is -0.0816. The van der Waals surface area contributed by atoms with Gasteiger partial charge in [-0.1, -0.05) is 23.8 Å². The van der Waals surface area contributed by atoms with Crippen LogP contribution in [0.25, 0.3) is 0 Å². The van der Waals surface area contributed by atoms with Crippen LogP contribution in [-0.2, 0) is 6.54 Å². The maximum Gasteiger partial charge on any atom is 0.251 e. The lowest BCUT2D eigenvalue weighted by molar-refractivity contribution is 0.0950. The van der Waals surface area contributed by atoms with Crippen molar-refractivity contribution in [3.05, 3.63) is 58.7 Å². The highest BCUT2D eigenvalue weighted by Crippen LogP contribution is 2.21. The molecule has 2 aromatic rings. The van der Waals surface area contributed by atoms with Crippen LogP contribution >= 0.6 is 0 Å². The molecule has 4 nitrogen and oxygen atoms in total. The van der Waals surface area contributed by atoms with Crippen molar-refractivity contribution in [2.45, 2.75) is 20.4 Å². The van der Waals surface area contributed by atoms with Crippen molar-refractivity contribution in [1.29, 1.82) is 0 Å². The number of hydrogen-bond donors (Lipinski definition) is 2. The van der Waals surface area contributed by atoms with Gasteiger partial charge in [0.1, 0.15) is 5.75 Å². The van der Waals surface area contributed by atoms with Crippen molar-refractivity contribution in [2.24, 2.45) is 0 Å². The standard InChI is InChI=1S/C17H20N2O2/c1-11-4-6-14(12(2)8-11)17(20)19-10-13-5-7-16(21-3)15(18)9-13/h4-9H,10,18H2,1-3H3,(H,19,20). The Morgan fingerprint density at radius 1 is 1.19 bits per heavy atom. The van der Waals surface area contributed by atoms with Gasteiger partial charge in [0.15, 0.2) is 0 Å². The minimum absolute atomic E-state index is 0.0816. The zero-order valence-corrected chi connectivity index (χ0v) is 12.6. The SMILES string of the molecule is COc1ccc(CNC(=O)c2ccc(C)cc2C)cc1N. The van der Waals surface area contributed by atoms with Gasteiger partial charge in [-0.25, -0.2) is 0 Å². The number of nitrogens with two attached hydrogens (primary N) is 1. The second kappa shape index (κ2) is 6.31. The van der Waals surface area contributed by atoms with E-state index in [1.165, 1.54) is 0 Å². The molecule has 0 aromatic heterocycles. The summed E-state index contributed by atoms with van der Waals surface area (Å²) < 4.78 is 5.11. The number of nitrogens with one attached hydrogen (secondary N) is 1. The summed E-state index contributed by atoms with van der Waals surface area (Å²) in [7, 11) is 1.58. The van der Waals surface area contributed by atoms with Crippen LogP contribution in [0.1, 0.15) is 27.0 Å². The van der Waals surface area contributed by atoms with Gasteiger partial charge in [-0.05, 0) is 43.2 Å². The van der Waals surface area contributed by atoms with Crippen LogP contribution in [0.5, 0.6) is 5.75 Å². The largest absolute Gasteiger partial charge is 0.495 e. The van der Waals surface area contributed by atoms with Crippen molar-refractivity contribution < 1.29 is 9.53 Å². The summed E-state index contributed by atoms with van der Waals surface area (Å²) in [5, 5.41) is 2.90. The molecule has 4 heteroatoms. The summed E-state index contributed by atoms with van der Waals surface area (Å²) in [6, 6.07) is 11.3. The van der Waals surface area contributed by atoms with Gasteiger partial charge in [0, 0.05) is 12.1 Å². The van der Waals surface area contributed by atoms with Crippen molar-refractivity contribution in [3.63, 3.8) is 0 Å². The van der Waals surface area contributed by atoms with E-state index in [0.717, 1.165) is 16.7 Å². The van der Waals surface area contributed by atoms with Gasteiger partial charge in [0.2, 0.25) is 0 Å². The number of anilines is 1. The minimum Gasteiger partial charge on any atom is -0.495 e. The van der Waals surface area contributed by atoms with Gasteiger partial charge >= 0.3 is 0 Å². The summed E-state index contributed by atoms with van der Waals surface area (Å²) in [4.78, 5) is 12.2. The highest BCUT2D eigenvalue weighted by atomic mass is 16.5. The maximum absolute atomic E-state index is 12.2. The number of carbonyl (C=O) groups excluding carboxylic acids is 1. The summed E-state index contributed by atoms with van der Waals surface area (Å²) in [5.74, 6) is 0.557. The molecule has 2 aromatic carbocycles. The van der Waals surface area contributed by atoms with E-state index in [-0.39, 0.29) is 5.91 Å². The first kappa shape index (κ1) is 14.9. The Morgan fingerprint density at radius 2 is 1.95 bits per heavy atom. The number of amides is 1. The average molecular weight is 284 g/mol. The van der Waals surface area contributed by atoms with Gasteiger partial charge in [-0.15, -0.1) is 0 Å². The molecular weight excluding hydrogens is 264 g/mol. The van der Waals surface area contributed by atoms with Crippen molar-refractivity contribution in [2.75, 3.05) is 12.8 Å². The fourth-order valence-corrected chi connectivity index (χ4v) is 2.24. The summed E-state index contributed by atoms with van der Waals surface area (Å²) in [6.45, 7) is 4.38. The molecule has 21 heavy (non-hydrogen) atoms. The van der Waals surface area contributed by atoms with Gasteiger partial charge < -0.3 is 15.8 Å². The normalized spacial score (nSPS) is 10.2. The van der Waals surface area contributed by atoms with Gasteiger partial charge in [0.25, 0.3) is 5.91 Å². The molecule has 0 aliphatic rings. The molecule has 0 saturated heterocycles. The number of rotatable bonds is 4. The average Bonchev–Trinajstić information content (AvgIpc) is 2.45. The van der Waals surface area contributed by atoms with Crippen LogP contribution in [0.2, 0.25) is 0 Å². The Hall–Kier alpha value is -2.49. The summed E-state index contributed by atoms with van der Waals surface area (Å²) in [5.41, 5.74) is 10.2. The van der Waals surface area contributed by atoms with E-state index >= 15 is 0 Å². The molecule has 0 atom stereocenters. The Balaban J connectivity index is 2.05. The third kappa shape index (κ3) is 3.54. The molecule has 1 amide bonds. The number of hydrogen-bond acceptors (Lipinski definition) is 3. The molecule has 0 aliphatic carbocycles. The predicted octanol–water partition coefficient (Wildman–Crippen LogP) is 2.82. The topological polar surface area (TPSA) is 64.3 Å². The number of aryl methyl sites for hydroxylation is 2. The molecule has 0 aliphatic heterocycles. The Morgan fingerprint density at radius 3 is 2.57 bits per heavy atom. The van der Waals surface area contributed by atoms with E-state index in [9.17, 15) is 4.79 Å². The molecule has 110 valence electrons. The Labute approximate surface area is 124 Å². The lowest BCUT2D eigenvalue weighted by atomic mass is 10.1. The quantitative estimate of drug-likeness (QED) is 0.849. The van der Waals surface area contributed by atoms with Gasteiger partial charge in [0.05, 0.1) is 12.8 Å². The highest BCUT2D eigenvalue weighted by Gasteiger charge is 2.09. The lowest BCUT2D eigenvalue weighted by Crippen LogP contribution is -2.23. The van der Waals surface area contributed by atoms with Crippen molar-refractivity contribution in [1.82, 2.24) is 5.32 Å². The monoisotopic (exact) mass is 284 g/mol. The Kier molecular flexibility index (Phi) is 4.48. The third-order valence-corrected chi connectivity index (χ3v) is 3.37. The van der Waals surface area contributed by atoms with Crippen LogP contribution < -0.4 is 15.8 Å². The number of benzene rings is 2.